The van der Waals surface area contributed by atoms with Crippen LogP contribution >= 0.6 is 27.5 Å². The Labute approximate surface area is 130 Å². The van der Waals surface area contributed by atoms with Crippen molar-refractivity contribution in [3.63, 3.8) is 0 Å². The molecule has 2 aromatic rings. The molecule has 0 fully saturated rings. The minimum atomic E-state index is -0.0818. The molecule has 0 radical (unpaired) electrons. The van der Waals surface area contributed by atoms with E-state index in [-0.39, 0.29) is 5.91 Å². The predicted octanol–water partition coefficient (Wildman–Crippen LogP) is 3.35. The number of carbonyl (C=O) groups is 1. The number of carbonyl (C=O) groups excluding carboxylic acids is 1. The lowest BCUT2D eigenvalue weighted by atomic mass is 10.2. The van der Waals surface area contributed by atoms with Gasteiger partial charge in [-0.1, -0.05) is 27.5 Å². The summed E-state index contributed by atoms with van der Waals surface area (Å²) in [4.78, 5) is 14.5. The highest BCUT2D eigenvalue weighted by atomic mass is 79.9. The number of fused-ring (bicyclic) bond motifs is 1. The van der Waals surface area contributed by atoms with Crippen molar-refractivity contribution in [3.8, 4) is 0 Å². The van der Waals surface area contributed by atoms with Gasteiger partial charge in [-0.15, -0.1) is 0 Å². The number of halogens is 2. The smallest absolute Gasteiger partial charge is 0.263 e. The Hall–Kier alpha value is -1.33. The summed E-state index contributed by atoms with van der Waals surface area (Å²) in [7, 11) is 1.74. The zero-order valence-corrected chi connectivity index (χ0v) is 13.5. The van der Waals surface area contributed by atoms with Crippen LogP contribution in [0.15, 0.2) is 22.7 Å². The summed E-state index contributed by atoms with van der Waals surface area (Å²) in [6.07, 6.45) is 0.859. The van der Waals surface area contributed by atoms with Gasteiger partial charge in [0.15, 0.2) is 0 Å². The lowest BCUT2D eigenvalue weighted by molar-refractivity contribution is 0.0989. The molecule has 0 unspecified atom stereocenters. The average Bonchev–Trinajstić information content (AvgIpc) is 2.91. The van der Waals surface area contributed by atoms with Crippen LogP contribution < -0.4 is 4.90 Å². The number of aryl methyl sites for hydroxylation is 2. The van der Waals surface area contributed by atoms with E-state index in [2.05, 4.69) is 27.1 Å². The Kier molecular flexibility index (Phi) is 3.34. The molecule has 1 aliphatic rings. The summed E-state index contributed by atoms with van der Waals surface area (Å²) in [6.45, 7) is 2.48. The van der Waals surface area contributed by atoms with Crippen molar-refractivity contribution in [3.05, 3.63) is 44.6 Å². The van der Waals surface area contributed by atoms with Gasteiger partial charge in [0, 0.05) is 23.8 Å². The third-order valence-electron chi connectivity index (χ3n) is 3.55. The van der Waals surface area contributed by atoms with Gasteiger partial charge in [0.2, 0.25) is 0 Å². The summed E-state index contributed by atoms with van der Waals surface area (Å²) in [5.74, 6) is -0.0818. The SMILES string of the molecule is Cc1nn(C)c(Cl)c1C(=O)N1CCc2cc(Br)ccc21. The normalized spacial score (nSPS) is 13.7. The first-order chi connectivity index (χ1) is 9.49. The van der Waals surface area contributed by atoms with Crippen molar-refractivity contribution >= 4 is 39.1 Å². The summed E-state index contributed by atoms with van der Waals surface area (Å²) in [6, 6.07) is 5.96. The van der Waals surface area contributed by atoms with Gasteiger partial charge in [-0.05, 0) is 37.1 Å². The van der Waals surface area contributed by atoms with Crippen molar-refractivity contribution in [1.82, 2.24) is 9.78 Å². The number of benzene rings is 1. The van der Waals surface area contributed by atoms with Gasteiger partial charge in [-0.2, -0.15) is 5.10 Å². The van der Waals surface area contributed by atoms with Crippen LogP contribution in [0.2, 0.25) is 5.15 Å². The molecule has 2 heterocycles. The molecule has 0 spiro atoms. The molecule has 0 N–H and O–H groups in total. The lowest BCUT2D eigenvalue weighted by Gasteiger charge is -2.17. The summed E-state index contributed by atoms with van der Waals surface area (Å²) in [5, 5.41) is 4.59. The molecular weight excluding hydrogens is 342 g/mol. The molecule has 1 aromatic carbocycles. The molecule has 0 atom stereocenters. The van der Waals surface area contributed by atoms with Crippen LogP contribution in [0, 0.1) is 6.92 Å². The predicted molar refractivity (Wildman–Crippen MR) is 82.5 cm³/mol. The van der Waals surface area contributed by atoms with Crippen molar-refractivity contribution in [2.75, 3.05) is 11.4 Å². The molecule has 6 heteroatoms. The fraction of sp³-hybridized carbons (Fsp3) is 0.286. The number of aromatic nitrogens is 2. The Bertz CT molecular complexity index is 711. The Morgan fingerprint density at radius 1 is 1.45 bits per heavy atom. The molecular formula is C14H13BrClN3O. The third-order valence-corrected chi connectivity index (χ3v) is 4.48. The van der Waals surface area contributed by atoms with E-state index in [0.29, 0.717) is 23.0 Å². The van der Waals surface area contributed by atoms with Gasteiger partial charge in [-0.3, -0.25) is 9.48 Å². The van der Waals surface area contributed by atoms with E-state index in [1.54, 1.807) is 18.9 Å². The molecule has 20 heavy (non-hydrogen) atoms. The van der Waals surface area contributed by atoms with E-state index < -0.39 is 0 Å². The second-order valence-corrected chi connectivity index (χ2v) is 6.13. The highest BCUT2D eigenvalue weighted by Crippen LogP contribution is 2.33. The molecule has 0 saturated carbocycles. The first-order valence-electron chi connectivity index (χ1n) is 6.28. The second-order valence-electron chi connectivity index (χ2n) is 4.85. The second kappa shape index (κ2) is 4.90. The molecule has 0 aliphatic carbocycles. The quantitative estimate of drug-likeness (QED) is 0.788. The first-order valence-corrected chi connectivity index (χ1v) is 7.45. The Balaban J connectivity index is 2.02. The molecule has 1 amide bonds. The highest BCUT2D eigenvalue weighted by Gasteiger charge is 2.29. The molecule has 4 nitrogen and oxygen atoms in total. The maximum absolute atomic E-state index is 12.7. The van der Waals surface area contributed by atoms with Crippen molar-refractivity contribution in [1.29, 1.82) is 0 Å². The fourth-order valence-corrected chi connectivity index (χ4v) is 3.25. The topological polar surface area (TPSA) is 38.1 Å². The molecule has 1 aliphatic heterocycles. The van der Waals surface area contributed by atoms with Crippen LogP contribution in [-0.4, -0.2) is 22.2 Å². The molecule has 1 aromatic heterocycles. The average molecular weight is 355 g/mol. The van der Waals surface area contributed by atoms with E-state index in [4.69, 9.17) is 11.6 Å². The fourth-order valence-electron chi connectivity index (χ4n) is 2.59. The maximum Gasteiger partial charge on any atom is 0.263 e. The van der Waals surface area contributed by atoms with Crippen LogP contribution in [-0.2, 0) is 13.5 Å². The van der Waals surface area contributed by atoms with Crippen LogP contribution in [0.1, 0.15) is 21.6 Å². The number of nitrogens with zero attached hydrogens (tertiary/aromatic N) is 3. The zero-order valence-electron chi connectivity index (χ0n) is 11.2. The van der Waals surface area contributed by atoms with Gasteiger partial charge >= 0.3 is 0 Å². The highest BCUT2D eigenvalue weighted by molar-refractivity contribution is 9.10. The summed E-state index contributed by atoms with van der Waals surface area (Å²) < 4.78 is 2.56. The number of anilines is 1. The first kappa shape index (κ1) is 13.6. The van der Waals surface area contributed by atoms with Gasteiger partial charge in [0.05, 0.1) is 11.3 Å². The Morgan fingerprint density at radius 2 is 2.20 bits per heavy atom. The van der Waals surface area contributed by atoms with Crippen LogP contribution in [0.3, 0.4) is 0 Å². The molecule has 0 bridgehead atoms. The zero-order chi connectivity index (χ0) is 14.4. The van der Waals surface area contributed by atoms with E-state index >= 15 is 0 Å². The van der Waals surface area contributed by atoms with E-state index in [1.165, 1.54) is 10.2 Å². The van der Waals surface area contributed by atoms with Gasteiger partial charge in [0.1, 0.15) is 5.15 Å². The van der Waals surface area contributed by atoms with Crippen molar-refractivity contribution < 1.29 is 4.79 Å². The van der Waals surface area contributed by atoms with E-state index in [9.17, 15) is 4.79 Å². The third kappa shape index (κ3) is 2.05. The monoisotopic (exact) mass is 353 g/mol. The van der Waals surface area contributed by atoms with Gasteiger partial charge in [0.25, 0.3) is 5.91 Å². The minimum Gasteiger partial charge on any atom is -0.308 e. The molecule has 3 rings (SSSR count). The largest absolute Gasteiger partial charge is 0.308 e. The van der Waals surface area contributed by atoms with Crippen molar-refractivity contribution in [2.45, 2.75) is 13.3 Å². The number of amides is 1. The Morgan fingerprint density at radius 3 is 2.85 bits per heavy atom. The molecule has 104 valence electrons. The molecule has 0 saturated heterocycles. The van der Waals surface area contributed by atoms with Crippen LogP contribution in [0.25, 0.3) is 0 Å². The lowest BCUT2D eigenvalue weighted by Crippen LogP contribution is -2.29. The number of rotatable bonds is 1. The van der Waals surface area contributed by atoms with Gasteiger partial charge in [-0.25, -0.2) is 0 Å². The number of hydrogen-bond donors (Lipinski definition) is 0. The summed E-state index contributed by atoms with van der Waals surface area (Å²) >= 11 is 9.64. The van der Waals surface area contributed by atoms with E-state index in [1.807, 2.05) is 12.1 Å². The van der Waals surface area contributed by atoms with E-state index in [0.717, 1.165) is 16.6 Å². The van der Waals surface area contributed by atoms with Crippen molar-refractivity contribution in [2.24, 2.45) is 7.05 Å². The maximum atomic E-state index is 12.7. The van der Waals surface area contributed by atoms with Crippen LogP contribution in [0.5, 0.6) is 0 Å². The summed E-state index contributed by atoms with van der Waals surface area (Å²) in [5.41, 5.74) is 3.28. The minimum absolute atomic E-state index is 0.0818. The standard InChI is InChI=1S/C14H13BrClN3O/c1-8-12(13(16)18(2)17-8)14(20)19-6-5-9-7-10(15)3-4-11(9)19/h3-4,7H,5-6H2,1-2H3. The van der Waals surface area contributed by atoms with Crippen LogP contribution in [0.4, 0.5) is 5.69 Å². The van der Waals surface area contributed by atoms with Gasteiger partial charge < -0.3 is 4.90 Å². The number of hydrogen-bond acceptors (Lipinski definition) is 2.